The van der Waals surface area contributed by atoms with Gasteiger partial charge in [-0.15, -0.1) is 0 Å². The highest BCUT2D eigenvalue weighted by Gasteiger charge is 2.24. The van der Waals surface area contributed by atoms with E-state index in [2.05, 4.69) is 20.9 Å². The number of aromatic nitrogens is 2. The maximum Gasteiger partial charge on any atom is 0.219 e. The molecule has 3 heterocycles. The van der Waals surface area contributed by atoms with Crippen LogP contribution in [-0.2, 0) is 11.2 Å². The highest BCUT2D eigenvalue weighted by atomic mass is 16.2. The van der Waals surface area contributed by atoms with Crippen LogP contribution in [-0.4, -0.2) is 46.5 Å². The highest BCUT2D eigenvalue weighted by molar-refractivity contribution is 5.73. The minimum absolute atomic E-state index is 0.213. The molecule has 5 nitrogen and oxygen atoms in total. The zero-order chi connectivity index (χ0) is 15.4. The molecule has 1 aromatic rings. The number of aryl methyl sites for hydroxylation is 1. The van der Waals surface area contributed by atoms with E-state index >= 15 is 0 Å². The maximum atomic E-state index is 11.7. The number of likely N-dealkylation sites (tertiary alicyclic amines) is 1. The van der Waals surface area contributed by atoms with Gasteiger partial charge in [-0.25, -0.2) is 9.97 Å². The van der Waals surface area contributed by atoms with Crippen molar-refractivity contribution in [3.8, 4) is 0 Å². The quantitative estimate of drug-likeness (QED) is 0.857. The molecule has 2 aliphatic heterocycles. The van der Waals surface area contributed by atoms with E-state index in [0.29, 0.717) is 6.04 Å². The van der Waals surface area contributed by atoms with Gasteiger partial charge in [0, 0.05) is 44.4 Å². The van der Waals surface area contributed by atoms with Crippen molar-refractivity contribution in [3.05, 3.63) is 18.1 Å². The molecule has 0 unspecified atom stereocenters. The van der Waals surface area contributed by atoms with Crippen molar-refractivity contribution in [2.24, 2.45) is 0 Å². The molecule has 0 N–H and O–H groups in total. The van der Waals surface area contributed by atoms with Crippen LogP contribution in [0, 0.1) is 0 Å². The van der Waals surface area contributed by atoms with Crippen LogP contribution in [0.3, 0.4) is 0 Å². The van der Waals surface area contributed by atoms with Crippen LogP contribution in [0.1, 0.15) is 51.1 Å². The molecule has 3 rings (SSSR count). The molecule has 0 saturated carbocycles. The molecule has 1 aromatic heterocycles. The smallest absolute Gasteiger partial charge is 0.219 e. The van der Waals surface area contributed by atoms with Crippen LogP contribution in [0.2, 0.25) is 0 Å². The second kappa shape index (κ2) is 7.07. The molecule has 0 spiro atoms. The largest absolute Gasteiger partial charge is 0.357 e. The monoisotopic (exact) mass is 302 g/mol. The van der Waals surface area contributed by atoms with Gasteiger partial charge in [-0.05, 0) is 44.9 Å². The highest BCUT2D eigenvalue weighted by Crippen LogP contribution is 2.22. The van der Waals surface area contributed by atoms with E-state index in [9.17, 15) is 4.79 Å². The van der Waals surface area contributed by atoms with Gasteiger partial charge in [0.2, 0.25) is 5.91 Å². The third-order valence-electron chi connectivity index (χ3n) is 4.90. The normalized spacial score (nSPS) is 22.1. The van der Waals surface area contributed by atoms with Crippen molar-refractivity contribution in [1.29, 1.82) is 0 Å². The van der Waals surface area contributed by atoms with Crippen molar-refractivity contribution in [1.82, 2.24) is 14.9 Å². The SMILES string of the molecule is CC(=O)N1CCCC[C@@H]1CCc1cc(N2CCCC2)ncn1. The fourth-order valence-corrected chi connectivity index (χ4v) is 3.67. The van der Waals surface area contributed by atoms with Crippen molar-refractivity contribution in [2.75, 3.05) is 24.5 Å². The molecule has 2 fully saturated rings. The van der Waals surface area contributed by atoms with E-state index in [-0.39, 0.29) is 5.91 Å². The second-order valence-corrected chi connectivity index (χ2v) is 6.46. The van der Waals surface area contributed by atoms with Gasteiger partial charge in [0.1, 0.15) is 12.1 Å². The number of carbonyl (C=O) groups excluding carboxylic acids is 1. The Hall–Kier alpha value is -1.65. The van der Waals surface area contributed by atoms with Crippen molar-refractivity contribution in [2.45, 2.75) is 57.9 Å². The Morgan fingerprint density at radius 2 is 1.95 bits per heavy atom. The van der Waals surface area contributed by atoms with Crippen LogP contribution in [0.5, 0.6) is 0 Å². The third-order valence-corrected chi connectivity index (χ3v) is 4.90. The summed E-state index contributed by atoms with van der Waals surface area (Å²) >= 11 is 0. The summed E-state index contributed by atoms with van der Waals surface area (Å²) in [6.07, 6.45) is 9.65. The van der Waals surface area contributed by atoms with Crippen LogP contribution < -0.4 is 4.90 Å². The molecule has 22 heavy (non-hydrogen) atoms. The molecule has 1 atom stereocenters. The summed E-state index contributed by atoms with van der Waals surface area (Å²) in [5.74, 6) is 1.28. The molecule has 0 radical (unpaired) electrons. The number of carbonyl (C=O) groups is 1. The summed E-state index contributed by atoms with van der Waals surface area (Å²) in [6.45, 7) is 4.83. The van der Waals surface area contributed by atoms with E-state index in [0.717, 1.165) is 56.8 Å². The summed E-state index contributed by atoms with van der Waals surface area (Å²) in [4.78, 5) is 25.0. The standard InChI is InChI=1S/C17H26N4O/c1-14(22)21-11-3-2-6-16(21)8-7-15-12-17(19-13-18-15)20-9-4-5-10-20/h12-13,16H,2-11H2,1H3/t16-/m1/s1. The van der Waals surface area contributed by atoms with Gasteiger partial charge >= 0.3 is 0 Å². The lowest BCUT2D eigenvalue weighted by Gasteiger charge is -2.35. The van der Waals surface area contributed by atoms with Crippen molar-refractivity contribution < 1.29 is 4.79 Å². The van der Waals surface area contributed by atoms with Gasteiger partial charge in [0.25, 0.3) is 0 Å². The summed E-state index contributed by atoms with van der Waals surface area (Å²) < 4.78 is 0. The van der Waals surface area contributed by atoms with Crippen molar-refractivity contribution >= 4 is 11.7 Å². The number of hydrogen-bond acceptors (Lipinski definition) is 4. The fraction of sp³-hybridized carbons (Fsp3) is 0.706. The fourth-order valence-electron chi connectivity index (χ4n) is 3.67. The predicted octanol–water partition coefficient (Wildman–Crippen LogP) is 2.41. The number of amides is 1. The maximum absolute atomic E-state index is 11.7. The first-order valence-electron chi connectivity index (χ1n) is 8.57. The molecule has 120 valence electrons. The van der Waals surface area contributed by atoms with Crippen molar-refractivity contribution in [3.63, 3.8) is 0 Å². The van der Waals surface area contributed by atoms with Gasteiger partial charge < -0.3 is 9.80 Å². The second-order valence-electron chi connectivity index (χ2n) is 6.46. The summed E-state index contributed by atoms with van der Waals surface area (Å²) in [5, 5.41) is 0. The summed E-state index contributed by atoms with van der Waals surface area (Å²) in [5.41, 5.74) is 1.10. The van der Waals surface area contributed by atoms with E-state index in [1.807, 2.05) is 4.90 Å². The molecule has 2 aliphatic rings. The molecular weight excluding hydrogens is 276 g/mol. The first kappa shape index (κ1) is 15.3. The number of nitrogens with zero attached hydrogens (tertiary/aromatic N) is 4. The average Bonchev–Trinajstić information content (AvgIpc) is 3.08. The molecule has 1 amide bonds. The van der Waals surface area contributed by atoms with Crippen LogP contribution in [0.4, 0.5) is 5.82 Å². The Balaban J connectivity index is 1.60. The lowest BCUT2D eigenvalue weighted by Crippen LogP contribution is -2.42. The lowest BCUT2D eigenvalue weighted by molar-refractivity contribution is -0.132. The van der Waals surface area contributed by atoms with Gasteiger partial charge in [-0.1, -0.05) is 0 Å². The number of hydrogen-bond donors (Lipinski definition) is 0. The lowest BCUT2D eigenvalue weighted by atomic mass is 9.97. The van der Waals surface area contributed by atoms with Crippen LogP contribution in [0.15, 0.2) is 12.4 Å². The van der Waals surface area contributed by atoms with E-state index in [1.165, 1.54) is 19.3 Å². The molecule has 5 heteroatoms. The molecule has 0 bridgehead atoms. The van der Waals surface area contributed by atoms with Crippen LogP contribution in [0.25, 0.3) is 0 Å². The molecule has 0 aliphatic carbocycles. The number of piperidine rings is 1. The van der Waals surface area contributed by atoms with Gasteiger partial charge in [-0.3, -0.25) is 4.79 Å². The van der Waals surface area contributed by atoms with Crippen LogP contribution >= 0.6 is 0 Å². The van der Waals surface area contributed by atoms with Gasteiger partial charge in [0.15, 0.2) is 0 Å². The van der Waals surface area contributed by atoms with E-state index in [1.54, 1.807) is 13.3 Å². The number of anilines is 1. The Morgan fingerprint density at radius 1 is 1.18 bits per heavy atom. The van der Waals surface area contributed by atoms with E-state index < -0.39 is 0 Å². The predicted molar refractivity (Wildman–Crippen MR) is 86.8 cm³/mol. The zero-order valence-electron chi connectivity index (χ0n) is 13.5. The Morgan fingerprint density at radius 3 is 2.73 bits per heavy atom. The van der Waals surface area contributed by atoms with Gasteiger partial charge in [-0.2, -0.15) is 0 Å². The minimum atomic E-state index is 0.213. The molecule has 0 aromatic carbocycles. The zero-order valence-corrected chi connectivity index (χ0v) is 13.5. The van der Waals surface area contributed by atoms with Gasteiger partial charge in [0.05, 0.1) is 0 Å². The Bertz CT molecular complexity index is 513. The summed E-state index contributed by atoms with van der Waals surface area (Å²) in [7, 11) is 0. The first-order chi connectivity index (χ1) is 10.7. The first-order valence-corrected chi connectivity index (χ1v) is 8.57. The molecular formula is C17H26N4O. The Kier molecular flexibility index (Phi) is 4.90. The minimum Gasteiger partial charge on any atom is -0.357 e. The summed E-state index contributed by atoms with van der Waals surface area (Å²) in [6, 6.07) is 2.52. The molecule has 2 saturated heterocycles. The van der Waals surface area contributed by atoms with E-state index in [4.69, 9.17) is 0 Å². The number of rotatable bonds is 4. The topological polar surface area (TPSA) is 49.3 Å². The Labute approximate surface area is 132 Å². The third kappa shape index (κ3) is 3.57. The average molecular weight is 302 g/mol.